The Morgan fingerprint density at radius 1 is 1.13 bits per heavy atom. The Morgan fingerprint density at radius 3 is 2.61 bits per heavy atom. The number of hydrogen-bond acceptors (Lipinski definition) is 4. The van der Waals surface area contributed by atoms with Crippen LogP contribution in [0.15, 0.2) is 34.4 Å². The van der Waals surface area contributed by atoms with Gasteiger partial charge in [-0.25, -0.2) is 0 Å². The standard InChI is InChI=1S/C25H27BN2O3/c29-23(18-10-14-28(15-11-18)24(30)25(27-31)12-13-25)19-8-9-22(26-16-19)21-7-3-5-17-4-1-2-6-20(17)21/h8-9,16,18,21H,2-3,5-7,10-15H2. The number of rotatable bonds is 5. The molecule has 2 heterocycles. The molecule has 4 aliphatic rings. The van der Waals surface area contributed by atoms with Gasteiger partial charge in [0.05, 0.1) is 0 Å². The van der Waals surface area contributed by atoms with Gasteiger partial charge >= 0.3 is 184 Å². The molecule has 1 unspecified atom stereocenters. The Labute approximate surface area is 183 Å². The number of nitrogens with zero attached hydrogens (tertiary/aromatic N) is 2. The molecule has 1 aliphatic heterocycles. The summed E-state index contributed by atoms with van der Waals surface area (Å²) in [5, 5.41) is 3.06. The summed E-state index contributed by atoms with van der Waals surface area (Å²) in [6.45, 7) is 3.19. The third kappa shape index (κ3) is 3.80. The monoisotopic (exact) mass is 414 g/mol. The van der Waals surface area contributed by atoms with Crippen LogP contribution >= 0.6 is 0 Å². The van der Waals surface area contributed by atoms with Crippen molar-refractivity contribution in [1.82, 2.24) is 4.90 Å². The summed E-state index contributed by atoms with van der Waals surface area (Å²) >= 11 is 0. The van der Waals surface area contributed by atoms with Gasteiger partial charge in [-0.2, -0.15) is 0 Å². The Morgan fingerprint density at radius 2 is 1.94 bits per heavy atom. The van der Waals surface area contributed by atoms with Gasteiger partial charge in [0, 0.05) is 0 Å². The second-order valence-corrected chi connectivity index (χ2v) is 9.43. The van der Waals surface area contributed by atoms with Crippen LogP contribution in [0.1, 0.15) is 79.5 Å². The van der Waals surface area contributed by atoms with Crippen LogP contribution in [0.2, 0.25) is 0 Å². The first-order valence-corrected chi connectivity index (χ1v) is 11.6. The third-order valence-electron chi connectivity index (χ3n) is 7.53. The molecule has 0 spiro atoms. The first kappa shape index (κ1) is 20.4. The van der Waals surface area contributed by atoms with E-state index >= 15 is 0 Å². The van der Waals surface area contributed by atoms with Crippen molar-refractivity contribution in [3.63, 3.8) is 0 Å². The molecule has 0 N–H and O–H groups in total. The molecule has 6 heteroatoms. The fourth-order valence-corrected chi connectivity index (χ4v) is 5.45. The first-order valence-electron chi connectivity index (χ1n) is 11.6. The summed E-state index contributed by atoms with van der Waals surface area (Å²) in [6, 6.07) is 4.11. The molecule has 5 nitrogen and oxygen atoms in total. The molecule has 1 aromatic rings. The molecule has 0 bridgehead atoms. The van der Waals surface area contributed by atoms with Gasteiger partial charge in [-0.3, -0.25) is 0 Å². The van der Waals surface area contributed by atoms with Crippen molar-refractivity contribution in [3.8, 4) is 11.8 Å². The van der Waals surface area contributed by atoms with Gasteiger partial charge in [0.1, 0.15) is 0 Å². The zero-order valence-electron chi connectivity index (χ0n) is 17.9. The fourth-order valence-electron chi connectivity index (χ4n) is 5.45. The molecule has 0 radical (unpaired) electrons. The molecular weight excluding hydrogens is 387 g/mol. The molecule has 1 aromatic heterocycles. The molecule has 5 rings (SSSR count). The van der Waals surface area contributed by atoms with Crippen molar-refractivity contribution < 1.29 is 9.59 Å². The van der Waals surface area contributed by atoms with Crippen LogP contribution in [0.4, 0.5) is 0 Å². The van der Waals surface area contributed by atoms with Crippen LogP contribution in [0.25, 0.3) is 0 Å². The number of piperidine rings is 1. The fraction of sp³-hybridized carbons (Fsp3) is 0.560. The molecular formula is C25H27BN2O3. The van der Waals surface area contributed by atoms with E-state index in [9.17, 15) is 14.5 Å². The zero-order chi connectivity index (χ0) is 21.4. The molecule has 0 aromatic carbocycles. The number of likely N-dealkylation sites (tertiary alicyclic amines) is 1. The van der Waals surface area contributed by atoms with E-state index in [1.165, 1.54) is 23.0 Å². The Bertz CT molecular complexity index is 1010. The van der Waals surface area contributed by atoms with Gasteiger partial charge in [-0.05, 0) is 0 Å². The SMILES string of the molecule is O=NC1(C(=O)N2CCC(C(=O)c3cbc(C4CCCC5=C4CCC#C5)cc3)CC2)CC1. The van der Waals surface area contributed by atoms with E-state index < -0.39 is 5.54 Å². The van der Waals surface area contributed by atoms with Crippen molar-refractivity contribution in [3.05, 3.63) is 45.2 Å². The summed E-state index contributed by atoms with van der Waals surface area (Å²) in [5.41, 5.74) is 3.92. The van der Waals surface area contributed by atoms with E-state index in [0.717, 1.165) is 31.2 Å². The summed E-state index contributed by atoms with van der Waals surface area (Å²) in [7, 11) is 0. The molecule has 158 valence electrons. The number of nitroso groups, excluding NO2 is 1. The van der Waals surface area contributed by atoms with Crippen molar-refractivity contribution in [2.75, 3.05) is 13.1 Å². The van der Waals surface area contributed by atoms with Gasteiger partial charge in [0.2, 0.25) is 0 Å². The van der Waals surface area contributed by atoms with E-state index in [4.69, 9.17) is 0 Å². The maximum atomic E-state index is 13.1. The second-order valence-electron chi connectivity index (χ2n) is 9.43. The Kier molecular flexibility index (Phi) is 5.38. The van der Waals surface area contributed by atoms with Crippen LogP contribution in [0, 0.1) is 22.7 Å². The Balaban J connectivity index is 1.23. The van der Waals surface area contributed by atoms with Gasteiger partial charge < -0.3 is 0 Å². The summed E-state index contributed by atoms with van der Waals surface area (Å²) in [5.74, 6) is 8.97. The normalized spacial score (nSPS) is 24.5. The minimum absolute atomic E-state index is 0.0631. The van der Waals surface area contributed by atoms with Gasteiger partial charge in [0.25, 0.3) is 0 Å². The van der Waals surface area contributed by atoms with Crippen molar-refractivity contribution in [1.29, 1.82) is 0 Å². The minimum atomic E-state index is -0.995. The van der Waals surface area contributed by atoms with E-state index in [-0.39, 0.29) is 17.6 Å². The topological polar surface area (TPSA) is 66.8 Å². The molecule has 1 atom stereocenters. The molecule has 1 saturated heterocycles. The van der Waals surface area contributed by atoms with Gasteiger partial charge in [-0.15, -0.1) is 0 Å². The summed E-state index contributed by atoms with van der Waals surface area (Å²) in [6.07, 6.45) is 7.91. The Hall–Kier alpha value is -2.55. The number of carbonyl (C=O) groups excluding carboxylic acids is 2. The quantitative estimate of drug-likeness (QED) is 0.414. The molecule has 3 aliphatic carbocycles. The van der Waals surface area contributed by atoms with Crippen molar-refractivity contribution in [2.45, 2.75) is 69.2 Å². The number of hydrogen-bond donors (Lipinski definition) is 0. The molecule has 31 heavy (non-hydrogen) atoms. The predicted molar refractivity (Wildman–Crippen MR) is 120 cm³/mol. The van der Waals surface area contributed by atoms with Crippen LogP contribution < -0.4 is 0 Å². The van der Waals surface area contributed by atoms with E-state index in [1.807, 2.05) is 12.0 Å². The molecule has 1 amide bonds. The predicted octanol–water partition coefficient (Wildman–Crippen LogP) is 4.11. The number of amides is 1. The van der Waals surface area contributed by atoms with Crippen LogP contribution in [-0.2, 0) is 4.79 Å². The van der Waals surface area contributed by atoms with Gasteiger partial charge in [-0.1, -0.05) is 0 Å². The number of carbonyl (C=O) groups is 2. The average Bonchev–Trinajstić information content (AvgIpc) is 3.64. The zero-order valence-corrected chi connectivity index (χ0v) is 17.9. The third-order valence-corrected chi connectivity index (χ3v) is 7.53. The van der Waals surface area contributed by atoms with Crippen LogP contribution in [0.5, 0.6) is 0 Å². The average molecular weight is 414 g/mol. The maximum absolute atomic E-state index is 13.1. The number of Topliss-reactive ketones (excluding diaryl/α,β-unsaturated/α-hetero) is 1. The van der Waals surface area contributed by atoms with E-state index in [0.29, 0.717) is 44.7 Å². The summed E-state index contributed by atoms with van der Waals surface area (Å²) < 4.78 is 0. The van der Waals surface area contributed by atoms with E-state index in [2.05, 4.69) is 30.0 Å². The van der Waals surface area contributed by atoms with Crippen molar-refractivity contribution in [2.24, 2.45) is 11.1 Å². The first-order chi connectivity index (χ1) is 15.1. The van der Waals surface area contributed by atoms with Crippen LogP contribution in [-0.4, -0.2) is 42.1 Å². The number of ketones is 1. The van der Waals surface area contributed by atoms with E-state index in [1.54, 1.807) is 4.90 Å². The summed E-state index contributed by atoms with van der Waals surface area (Å²) in [4.78, 5) is 38.3. The van der Waals surface area contributed by atoms with Gasteiger partial charge in [0.15, 0.2) is 0 Å². The second kappa shape index (κ2) is 8.18. The van der Waals surface area contributed by atoms with Crippen LogP contribution in [0.3, 0.4) is 0 Å². The molecule has 2 fully saturated rings. The van der Waals surface area contributed by atoms with Crippen molar-refractivity contribution >= 4 is 18.6 Å². The molecule has 1 saturated carbocycles. The number of allylic oxidation sites excluding steroid dienone is 2.